The summed E-state index contributed by atoms with van der Waals surface area (Å²) in [6.45, 7) is 3.50. The molecule has 3 aliphatic rings. The highest BCUT2D eigenvalue weighted by atomic mass is 79.9. The van der Waals surface area contributed by atoms with Crippen LogP contribution >= 0.6 is 0 Å². The standard InChI is InChI=1S/C28H29F3NO.BrH/c29-28(30,31)25-13-11-22(12-14-25)21-32-18-15-26(16-19-32,17-20-32)27(33,23-7-3-1-4-8-23)24-9-5-2-6-10-24;/h1-14,33H,15-21H2;1H/q+1;/p-1. The van der Waals surface area contributed by atoms with Crippen LogP contribution in [0, 0.1) is 5.41 Å². The number of piperidine rings is 3. The molecule has 3 aromatic rings. The van der Waals surface area contributed by atoms with Gasteiger partial charge >= 0.3 is 6.18 Å². The number of alkyl halides is 3. The summed E-state index contributed by atoms with van der Waals surface area (Å²) in [5.41, 5.74) is 0.884. The fraction of sp³-hybridized carbons (Fsp3) is 0.357. The number of quaternary nitrogens is 1. The molecule has 0 radical (unpaired) electrons. The molecule has 3 fully saturated rings. The highest BCUT2D eigenvalue weighted by Crippen LogP contribution is 2.57. The molecule has 2 nitrogen and oxygen atoms in total. The van der Waals surface area contributed by atoms with E-state index in [1.807, 2.05) is 60.7 Å². The van der Waals surface area contributed by atoms with Crippen molar-refractivity contribution < 1.29 is 39.7 Å². The molecule has 3 heterocycles. The van der Waals surface area contributed by atoms with E-state index in [0.29, 0.717) is 0 Å². The second kappa shape index (κ2) is 9.14. The van der Waals surface area contributed by atoms with E-state index < -0.39 is 17.3 Å². The van der Waals surface area contributed by atoms with Crippen molar-refractivity contribution in [3.05, 3.63) is 107 Å². The maximum atomic E-state index is 12.9. The third-order valence-electron chi connectivity index (χ3n) is 8.14. The van der Waals surface area contributed by atoms with Crippen LogP contribution in [0.2, 0.25) is 0 Å². The number of rotatable bonds is 5. The normalized spacial score (nSPS) is 24.5. The number of hydrogen-bond donors (Lipinski definition) is 1. The summed E-state index contributed by atoms with van der Waals surface area (Å²) in [4.78, 5) is 0. The molecule has 180 valence electrons. The third kappa shape index (κ3) is 4.21. The van der Waals surface area contributed by atoms with Gasteiger partial charge in [0.1, 0.15) is 12.1 Å². The molecule has 0 amide bonds. The molecule has 6 rings (SSSR count). The van der Waals surface area contributed by atoms with Gasteiger partial charge in [-0.3, -0.25) is 0 Å². The largest absolute Gasteiger partial charge is 1.00 e. The van der Waals surface area contributed by atoms with Crippen molar-refractivity contribution >= 4 is 0 Å². The first-order valence-corrected chi connectivity index (χ1v) is 11.6. The van der Waals surface area contributed by atoms with Crippen LogP contribution in [0.3, 0.4) is 0 Å². The highest BCUT2D eigenvalue weighted by molar-refractivity contribution is 5.39. The van der Waals surface area contributed by atoms with Gasteiger partial charge < -0.3 is 26.6 Å². The van der Waals surface area contributed by atoms with Crippen LogP contribution in [0.15, 0.2) is 84.9 Å². The fourth-order valence-electron chi connectivity index (χ4n) is 6.17. The summed E-state index contributed by atoms with van der Waals surface area (Å²) in [6.07, 6.45) is -1.66. The minimum atomic E-state index is -4.31. The molecule has 1 N–H and O–H groups in total. The Labute approximate surface area is 209 Å². The number of hydrogen-bond acceptors (Lipinski definition) is 1. The van der Waals surface area contributed by atoms with Gasteiger partial charge in [-0.2, -0.15) is 13.2 Å². The van der Waals surface area contributed by atoms with E-state index in [0.717, 1.165) is 66.6 Å². The van der Waals surface area contributed by atoms with Crippen molar-refractivity contribution in [1.82, 2.24) is 0 Å². The van der Waals surface area contributed by atoms with Crippen LogP contribution in [0.25, 0.3) is 0 Å². The minimum absolute atomic E-state index is 0. The summed E-state index contributed by atoms with van der Waals surface area (Å²) < 4.78 is 39.7. The Bertz CT molecular complexity index is 1040. The fourth-order valence-corrected chi connectivity index (χ4v) is 6.17. The van der Waals surface area contributed by atoms with E-state index in [1.54, 1.807) is 12.1 Å². The second-order valence-electron chi connectivity index (χ2n) is 9.84. The van der Waals surface area contributed by atoms with Gasteiger partial charge in [0.25, 0.3) is 0 Å². The molecule has 0 aromatic heterocycles. The van der Waals surface area contributed by atoms with Crippen molar-refractivity contribution in [3.8, 4) is 0 Å². The van der Waals surface area contributed by atoms with Crippen LogP contribution in [0.1, 0.15) is 41.5 Å². The molecule has 0 saturated carbocycles. The van der Waals surface area contributed by atoms with Crippen molar-refractivity contribution in [2.24, 2.45) is 5.41 Å². The number of aliphatic hydroxyl groups is 1. The van der Waals surface area contributed by atoms with Gasteiger partial charge in [0.05, 0.1) is 25.2 Å². The van der Waals surface area contributed by atoms with Crippen LogP contribution in [-0.4, -0.2) is 29.2 Å². The van der Waals surface area contributed by atoms with E-state index in [1.165, 1.54) is 12.1 Å². The molecule has 3 saturated heterocycles. The summed E-state index contributed by atoms with van der Waals surface area (Å²) in [5.74, 6) is 0. The summed E-state index contributed by atoms with van der Waals surface area (Å²) in [5, 5.41) is 12.4. The molecular weight excluding hydrogens is 503 g/mol. The van der Waals surface area contributed by atoms with Crippen LogP contribution in [0.4, 0.5) is 13.2 Å². The zero-order chi connectivity index (χ0) is 23.2. The predicted molar refractivity (Wildman–Crippen MR) is 122 cm³/mol. The Morgan fingerprint density at radius 2 is 1.12 bits per heavy atom. The molecular formula is C28H29BrF3NO. The zero-order valence-electron chi connectivity index (χ0n) is 18.9. The summed E-state index contributed by atoms with van der Waals surface area (Å²) in [6, 6.07) is 25.6. The van der Waals surface area contributed by atoms with Crippen molar-refractivity contribution in [2.75, 3.05) is 19.6 Å². The Hall–Kier alpha value is -2.15. The van der Waals surface area contributed by atoms with Gasteiger partial charge in [0, 0.05) is 30.2 Å². The Morgan fingerprint density at radius 3 is 1.53 bits per heavy atom. The molecule has 34 heavy (non-hydrogen) atoms. The molecule has 2 bridgehead atoms. The van der Waals surface area contributed by atoms with Crippen molar-refractivity contribution in [1.29, 1.82) is 0 Å². The molecule has 0 unspecified atom stereocenters. The first-order valence-electron chi connectivity index (χ1n) is 11.6. The van der Waals surface area contributed by atoms with E-state index >= 15 is 0 Å². The molecule has 3 aliphatic heterocycles. The lowest BCUT2D eigenvalue weighted by Gasteiger charge is -2.60. The Kier molecular flexibility index (Phi) is 6.71. The topological polar surface area (TPSA) is 20.2 Å². The number of fused-ring (bicyclic) bond motifs is 3. The van der Waals surface area contributed by atoms with E-state index in [2.05, 4.69) is 0 Å². The Balaban J connectivity index is 0.00000274. The molecule has 0 atom stereocenters. The quantitative estimate of drug-likeness (QED) is 0.501. The number of nitrogens with zero attached hydrogens (tertiary/aromatic N) is 1. The van der Waals surface area contributed by atoms with Gasteiger partial charge in [-0.15, -0.1) is 0 Å². The van der Waals surface area contributed by atoms with Gasteiger partial charge in [-0.25, -0.2) is 0 Å². The molecule has 6 heteroatoms. The van der Waals surface area contributed by atoms with Gasteiger partial charge in [0.15, 0.2) is 0 Å². The van der Waals surface area contributed by atoms with E-state index in [-0.39, 0.29) is 22.4 Å². The average molecular weight is 532 g/mol. The van der Waals surface area contributed by atoms with Crippen LogP contribution < -0.4 is 17.0 Å². The first-order chi connectivity index (χ1) is 15.8. The summed E-state index contributed by atoms with van der Waals surface area (Å²) >= 11 is 0. The number of benzene rings is 3. The smallest absolute Gasteiger partial charge is 0.416 e. The average Bonchev–Trinajstić information content (AvgIpc) is 2.85. The predicted octanol–water partition coefficient (Wildman–Crippen LogP) is 3.15. The maximum Gasteiger partial charge on any atom is 0.416 e. The minimum Gasteiger partial charge on any atom is -1.00 e. The van der Waals surface area contributed by atoms with Gasteiger partial charge in [0.2, 0.25) is 0 Å². The third-order valence-corrected chi connectivity index (χ3v) is 8.14. The Morgan fingerprint density at radius 1 is 0.676 bits per heavy atom. The van der Waals surface area contributed by atoms with E-state index in [9.17, 15) is 18.3 Å². The van der Waals surface area contributed by atoms with Gasteiger partial charge in [-0.05, 0) is 23.3 Å². The maximum absolute atomic E-state index is 12.9. The van der Waals surface area contributed by atoms with Crippen LogP contribution in [0.5, 0.6) is 0 Å². The van der Waals surface area contributed by atoms with Crippen LogP contribution in [-0.2, 0) is 18.3 Å². The first kappa shape index (κ1) is 25.0. The summed E-state index contributed by atoms with van der Waals surface area (Å²) in [7, 11) is 0. The monoisotopic (exact) mass is 531 g/mol. The van der Waals surface area contributed by atoms with Crippen molar-refractivity contribution in [3.63, 3.8) is 0 Å². The number of halogens is 4. The molecule has 3 aromatic carbocycles. The lowest BCUT2D eigenvalue weighted by atomic mass is 9.56. The van der Waals surface area contributed by atoms with E-state index in [4.69, 9.17) is 0 Å². The van der Waals surface area contributed by atoms with Crippen molar-refractivity contribution in [2.45, 2.75) is 37.6 Å². The lowest BCUT2D eigenvalue weighted by Crippen LogP contribution is -3.00. The molecule has 0 aliphatic carbocycles. The SMILES string of the molecule is OC(c1ccccc1)(c1ccccc1)C12CC[N+](Cc3ccc(C(F)(F)F)cc3)(CC1)CC2.[Br-]. The molecule has 0 spiro atoms. The highest BCUT2D eigenvalue weighted by Gasteiger charge is 2.60. The van der Waals surface area contributed by atoms with Gasteiger partial charge in [-0.1, -0.05) is 72.8 Å². The zero-order valence-corrected chi connectivity index (χ0v) is 20.5. The lowest BCUT2D eigenvalue weighted by molar-refractivity contribution is -0.958. The second-order valence-corrected chi connectivity index (χ2v) is 9.84.